The number of aromatic nitrogens is 1. The highest BCUT2D eigenvalue weighted by Gasteiger charge is 2.26. The van der Waals surface area contributed by atoms with Crippen LogP contribution in [0, 0.1) is 0 Å². The summed E-state index contributed by atoms with van der Waals surface area (Å²) >= 11 is 0. The molecule has 2 aliphatic rings. The van der Waals surface area contributed by atoms with Gasteiger partial charge in [0.1, 0.15) is 11.6 Å². The van der Waals surface area contributed by atoms with Crippen molar-refractivity contribution in [3.63, 3.8) is 0 Å². The Morgan fingerprint density at radius 2 is 1.83 bits per heavy atom. The number of anilines is 2. The molecular weight excluding hydrogens is 362 g/mol. The number of fused-ring (bicyclic) bond motifs is 2. The van der Waals surface area contributed by atoms with Gasteiger partial charge in [-0.1, -0.05) is 30.3 Å². The van der Waals surface area contributed by atoms with Crippen LogP contribution in [0.2, 0.25) is 0 Å². The maximum atomic E-state index is 13.0. The predicted octanol–water partition coefficient (Wildman–Crippen LogP) is 3.86. The molecule has 5 heteroatoms. The lowest BCUT2D eigenvalue weighted by Crippen LogP contribution is -2.32. The summed E-state index contributed by atoms with van der Waals surface area (Å²) in [7, 11) is 1.72. The lowest BCUT2D eigenvalue weighted by Gasteiger charge is -2.30. The quantitative estimate of drug-likeness (QED) is 0.687. The highest BCUT2D eigenvalue weighted by Crippen LogP contribution is 2.31. The van der Waals surface area contributed by atoms with Crippen LogP contribution in [0.1, 0.15) is 27.0 Å². The number of pyridine rings is 1. The summed E-state index contributed by atoms with van der Waals surface area (Å²) in [6.07, 6.45) is 3.54. The van der Waals surface area contributed by atoms with Gasteiger partial charge in [-0.15, -0.1) is 0 Å². The molecule has 2 aromatic carbocycles. The minimum absolute atomic E-state index is 0.0164. The van der Waals surface area contributed by atoms with E-state index in [1.807, 2.05) is 47.4 Å². The first-order valence-corrected chi connectivity index (χ1v) is 10.00. The van der Waals surface area contributed by atoms with Crippen LogP contribution in [0.25, 0.3) is 0 Å². The van der Waals surface area contributed by atoms with E-state index in [1.54, 1.807) is 13.3 Å². The largest absolute Gasteiger partial charge is 0.496 e. The smallest absolute Gasteiger partial charge is 0.259 e. The molecule has 5 rings (SSSR count). The summed E-state index contributed by atoms with van der Waals surface area (Å²) in [5.74, 6) is 1.88. The molecule has 0 saturated carbocycles. The summed E-state index contributed by atoms with van der Waals surface area (Å²) in [6.45, 7) is 2.41. The monoisotopic (exact) mass is 385 g/mol. The van der Waals surface area contributed by atoms with Crippen LogP contribution in [0.4, 0.5) is 11.5 Å². The first kappa shape index (κ1) is 17.7. The van der Waals surface area contributed by atoms with Crippen molar-refractivity contribution in [3.8, 4) is 5.75 Å². The van der Waals surface area contributed by atoms with Crippen LogP contribution in [0.5, 0.6) is 5.75 Å². The standard InChI is InChI=1S/C24H23N3O2/c1-29-22-8-4-6-19-16-26(13-12-20(19)22)23-10-9-18(15-25-23)24(28)27-14-11-17-5-2-3-7-21(17)27/h2-10,15H,11-14,16H2,1H3. The van der Waals surface area contributed by atoms with E-state index in [9.17, 15) is 4.79 Å². The maximum Gasteiger partial charge on any atom is 0.259 e. The molecule has 0 bridgehead atoms. The van der Waals surface area contributed by atoms with Gasteiger partial charge in [-0.05, 0) is 48.2 Å². The molecule has 146 valence electrons. The Labute approximate surface area is 170 Å². The Hall–Kier alpha value is -3.34. The second kappa shape index (κ2) is 7.24. The zero-order chi connectivity index (χ0) is 19.8. The zero-order valence-electron chi connectivity index (χ0n) is 16.5. The molecule has 0 N–H and O–H groups in total. The highest BCUT2D eigenvalue weighted by atomic mass is 16.5. The van der Waals surface area contributed by atoms with Crippen LogP contribution < -0.4 is 14.5 Å². The maximum absolute atomic E-state index is 13.0. The van der Waals surface area contributed by atoms with Gasteiger partial charge >= 0.3 is 0 Å². The van der Waals surface area contributed by atoms with Crippen LogP contribution in [-0.2, 0) is 19.4 Å². The average Bonchev–Trinajstić information content (AvgIpc) is 3.22. The number of methoxy groups -OCH3 is 1. The van der Waals surface area contributed by atoms with Gasteiger partial charge in [0.15, 0.2) is 0 Å². The Morgan fingerprint density at radius 3 is 2.66 bits per heavy atom. The van der Waals surface area contributed by atoms with E-state index in [0.29, 0.717) is 5.56 Å². The van der Waals surface area contributed by atoms with Gasteiger partial charge < -0.3 is 14.5 Å². The van der Waals surface area contributed by atoms with Crippen molar-refractivity contribution in [2.45, 2.75) is 19.4 Å². The minimum Gasteiger partial charge on any atom is -0.496 e. The third-order valence-electron chi connectivity index (χ3n) is 5.89. The molecule has 0 radical (unpaired) electrons. The molecule has 1 amide bonds. The number of carbonyl (C=O) groups is 1. The fourth-order valence-electron chi connectivity index (χ4n) is 4.37. The SMILES string of the molecule is COc1cccc2c1CCN(c1ccc(C(=O)N3CCc4ccccc43)cn1)C2. The molecule has 0 saturated heterocycles. The number of nitrogens with zero attached hydrogens (tertiary/aromatic N) is 3. The Bertz CT molecular complexity index is 1060. The summed E-state index contributed by atoms with van der Waals surface area (Å²) in [6, 6.07) is 18.2. The number of hydrogen-bond donors (Lipinski definition) is 0. The van der Waals surface area contributed by atoms with E-state index in [1.165, 1.54) is 16.7 Å². The van der Waals surface area contributed by atoms with Crippen molar-refractivity contribution < 1.29 is 9.53 Å². The number of hydrogen-bond acceptors (Lipinski definition) is 4. The number of benzene rings is 2. The second-order valence-corrected chi connectivity index (χ2v) is 7.51. The lowest BCUT2D eigenvalue weighted by atomic mass is 9.98. The van der Waals surface area contributed by atoms with Crippen LogP contribution in [-0.4, -0.2) is 31.1 Å². The van der Waals surface area contributed by atoms with Crippen molar-refractivity contribution in [2.24, 2.45) is 0 Å². The number of para-hydroxylation sites is 1. The first-order chi connectivity index (χ1) is 14.2. The van der Waals surface area contributed by atoms with Gasteiger partial charge in [-0.25, -0.2) is 4.98 Å². The summed E-state index contributed by atoms with van der Waals surface area (Å²) in [5, 5.41) is 0. The summed E-state index contributed by atoms with van der Waals surface area (Å²) < 4.78 is 5.49. The molecule has 0 atom stereocenters. The molecule has 0 spiro atoms. The van der Waals surface area contributed by atoms with E-state index in [-0.39, 0.29) is 5.91 Å². The van der Waals surface area contributed by atoms with Crippen molar-refractivity contribution in [1.29, 1.82) is 0 Å². The summed E-state index contributed by atoms with van der Waals surface area (Å²) in [5.41, 5.74) is 5.43. The van der Waals surface area contributed by atoms with Gasteiger partial charge in [-0.3, -0.25) is 4.79 Å². The average molecular weight is 385 g/mol. The predicted molar refractivity (Wildman–Crippen MR) is 114 cm³/mol. The van der Waals surface area contributed by atoms with Gasteiger partial charge in [0.05, 0.1) is 12.7 Å². The topological polar surface area (TPSA) is 45.7 Å². The third kappa shape index (κ3) is 3.12. The molecule has 3 aromatic rings. The Morgan fingerprint density at radius 1 is 0.966 bits per heavy atom. The number of amides is 1. The Kier molecular flexibility index (Phi) is 4.43. The lowest BCUT2D eigenvalue weighted by molar-refractivity contribution is 0.0989. The van der Waals surface area contributed by atoms with E-state index in [4.69, 9.17) is 4.74 Å². The van der Waals surface area contributed by atoms with E-state index >= 15 is 0 Å². The first-order valence-electron chi connectivity index (χ1n) is 10.00. The Balaban J connectivity index is 1.34. The van der Waals surface area contributed by atoms with E-state index < -0.39 is 0 Å². The molecule has 29 heavy (non-hydrogen) atoms. The van der Waals surface area contributed by atoms with Crippen molar-refractivity contribution in [3.05, 3.63) is 83.0 Å². The normalized spacial score (nSPS) is 15.1. The second-order valence-electron chi connectivity index (χ2n) is 7.51. The van der Waals surface area contributed by atoms with Gasteiger partial charge in [-0.2, -0.15) is 0 Å². The third-order valence-corrected chi connectivity index (χ3v) is 5.89. The molecule has 0 unspecified atom stereocenters. The molecule has 2 aliphatic heterocycles. The zero-order valence-corrected chi connectivity index (χ0v) is 16.5. The number of rotatable bonds is 3. The van der Waals surface area contributed by atoms with Gasteiger partial charge in [0.25, 0.3) is 5.91 Å². The molecule has 3 heterocycles. The van der Waals surface area contributed by atoms with E-state index in [0.717, 1.165) is 49.7 Å². The molecule has 5 nitrogen and oxygen atoms in total. The van der Waals surface area contributed by atoms with Crippen molar-refractivity contribution in [1.82, 2.24) is 4.98 Å². The number of carbonyl (C=O) groups excluding carboxylic acids is 1. The van der Waals surface area contributed by atoms with Gasteiger partial charge in [0.2, 0.25) is 0 Å². The minimum atomic E-state index is 0.0164. The summed E-state index contributed by atoms with van der Waals surface area (Å²) in [4.78, 5) is 21.7. The molecular formula is C24H23N3O2. The van der Waals surface area contributed by atoms with Crippen LogP contribution in [0.3, 0.4) is 0 Å². The highest BCUT2D eigenvalue weighted by molar-refractivity contribution is 6.07. The van der Waals surface area contributed by atoms with Crippen LogP contribution >= 0.6 is 0 Å². The molecule has 0 aliphatic carbocycles. The van der Waals surface area contributed by atoms with E-state index in [2.05, 4.69) is 22.0 Å². The molecule has 1 aromatic heterocycles. The van der Waals surface area contributed by atoms with Gasteiger partial charge in [0, 0.05) is 37.1 Å². The van der Waals surface area contributed by atoms with Crippen molar-refractivity contribution >= 4 is 17.4 Å². The van der Waals surface area contributed by atoms with Crippen LogP contribution in [0.15, 0.2) is 60.8 Å². The molecule has 0 fully saturated rings. The van der Waals surface area contributed by atoms with Crippen molar-refractivity contribution in [2.75, 3.05) is 30.0 Å². The number of ether oxygens (including phenoxy) is 1. The fourth-order valence-corrected chi connectivity index (χ4v) is 4.37. The fraction of sp³-hybridized carbons (Fsp3) is 0.250.